The number of carboxylic acid groups (broad SMARTS) is 1. The summed E-state index contributed by atoms with van der Waals surface area (Å²) in [6, 6.07) is -0.686. The highest BCUT2D eigenvalue weighted by Crippen LogP contribution is 2.04. The number of hydrogen-bond donors (Lipinski definition) is 3. The Balaban J connectivity index is 4.38. The molecular formula is C12H20N2O4S. The molecule has 6 nitrogen and oxygen atoms in total. The van der Waals surface area contributed by atoms with E-state index in [1.807, 2.05) is 13.8 Å². The first-order valence-corrected chi connectivity index (χ1v) is 7.05. The van der Waals surface area contributed by atoms with Gasteiger partial charge in [0.25, 0.3) is 5.91 Å². The fourth-order valence-electron chi connectivity index (χ4n) is 1.12. The van der Waals surface area contributed by atoms with Gasteiger partial charge in [0.1, 0.15) is 0 Å². The normalized spacial score (nSPS) is 13.3. The van der Waals surface area contributed by atoms with E-state index in [1.165, 1.54) is 13.8 Å². The summed E-state index contributed by atoms with van der Waals surface area (Å²) < 4.78 is 0. The first-order valence-electron chi connectivity index (χ1n) is 5.89. The first kappa shape index (κ1) is 17.5. The first-order chi connectivity index (χ1) is 8.79. The molecule has 0 aromatic carbocycles. The maximum Gasteiger partial charge on any atom is 0.331 e. The smallest absolute Gasteiger partial charge is 0.331 e. The van der Waals surface area contributed by atoms with Crippen LogP contribution in [0.2, 0.25) is 0 Å². The van der Waals surface area contributed by atoms with E-state index in [-0.39, 0.29) is 17.2 Å². The second-order valence-electron chi connectivity index (χ2n) is 4.04. The summed E-state index contributed by atoms with van der Waals surface area (Å²) in [6.07, 6.45) is 0. The van der Waals surface area contributed by atoms with Gasteiger partial charge in [0.2, 0.25) is 0 Å². The number of aliphatic carboxylic acids is 1. The van der Waals surface area contributed by atoms with Crippen molar-refractivity contribution in [1.29, 1.82) is 0 Å². The minimum Gasteiger partial charge on any atom is -0.478 e. The maximum absolute atomic E-state index is 11.6. The highest BCUT2D eigenvalue weighted by Gasteiger charge is 2.16. The zero-order valence-electron chi connectivity index (χ0n) is 11.6. The van der Waals surface area contributed by atoms with Crippen LogP contribution in [0.25, 0.3) is 0 Å². The van der Waals surface area contributed by atoms with E-state index < -0.39 is 17.9 Å². The van der Waals surface area contributed by atoms with E-state index in [0.29, 0.717) is 0 Å². The molecular weight excluding hydrogens is 268 g/mol. The van der Waals surface area contributed by atoms with Crippen LogP contribution in [0, 0.1) is 0 Å². The molecule has 0 aliphatic carbocycles. The Morgan fingerprint density at radius 2 is 1.79 bits per heavy atom. The van der Waals surface area contributed by atoms with Crippen molar-refractivity contribution in [2.24, 2.45) is 0 Å². The summed E-state index contributed by atoms with van der Waals surface area (Å²) in [4.78, 5) is 33.8. The summed E-state index contributed by atoms with van der Waals surface area (Å²) >= 11 is 1.68. The van der Waals surface area contributed by atoms with Crippen molar-refractivity contribution in [2.45, 2.75) is 33.7 Å². The summed E-state index contributed by atoms with van der Waals surface area (Å²) in [6.45, 7) is 6.53. The number of imide groups is 1. The predicted octanol–water partition coefficient (Wildman–Crippen LogP) is 1.37. The van der Waals surface area contributed by atoms with Crippen molar-refractivity contribution >= 4 is 29.7 Å². The molecule has 0 fully saturated rings. The Hall–Kier alpha value is -1.50. The summed E-state index contributed by atoms with van der Waals surface area (Å²) in [5, 5.41) is 13.4. The number of carbonyl (C=O) groups is 3. The molecule has 0 aliphatic rings. The molecule has 108 valence electrons. The molecule has 0 aliphatic heterocycles. The second kappa shape index (κ2) is 8.58. The summed E-state index contributed by atoms with van der Waals surface area (Å²) in [5.41, 5.74) is -0.0712. The zero-order chi connectivity index (χ0) is 15.0. The van der Waals surface area contributed by atoms with Gasteiger partial charge in [0.15, 0.2) is 0 Å². The fourth-order valence-corrected chi connectivity index (χ4v) is 1.80. The van der Waals surface area contributed by atoms with Crippen LogP contribution < -0.4 is 10.6 Å². The molecule has 0 saturated heterocycles. The standard InChI is InChI=1S/C12H20N2O4S/c1-5-19-6-7(2)13-12(18)14-10(15)8(3)9(4)11(16)17/h7H,5-6H2,1-4H3,(H,16,17)(H2,13,14,15,18). The number of amides is 3. The van der Waals surface area contributed by atoms with Crippen LogP contribution in [0.1, 0.15) is 27.7 Å². The number of thioether (sulfide) groups is 1. The van der Waals surface area contributed by atoms with Crippen molar-refractivity contribution in [3.05, 3.63) is 11.1 Å². The SMILES string of the molecule is CCSCC(C)NC(=O)NC(=O)C(C)=C(C)C(=O)O. The minimum atomic E-state index is -1.18. The lowest BCUT2D eigenvalue weighted by Crippen LogP contribution is -2.44. The van der Waals surface area contributed by atoms with Crippen molar-refractivity contribution in [1.82, 2.24) is 10.6 Å². The van der Waals surface area contributed by atoms with Crippen LogP contribution >= 0.6 is 11.8 Å². The van der Waals surface area contributed by atoms with Crippen LogP contribution in [-0.2, 0) is 9.59 Å². The Kier molecular flexibility index (Phi) is 7.90. The number of carboxylic acids is 1. The predicted molar refractivity (Wildman–Crippen MR) is 75.1 cm³/mol. The molecule has 0 rings (SSSR count). The molecule has 0 bridgehead atoms. The minimum absolute atomic E-state index is 0.0123. The summed E-state index contributed by atoms with van der Waals surface area (Å²) in [7, 11) is 0. The van der Waals surface area contributed by atoms with E-state index in [9.17, 15) is 14.4 Å². The Morgan fingerprint density at radius 1 is 1.21 bits per heavy atom. The van der Waals surface area contributed by atoms with E-state index in [2.05, 4.69) is 10.6 Å². The highest BCUT2D eigenvalue weighted by atomic mass is 32.2. The van der Waals surface area contributed by atoms with Gasteiger partial charge in [-0.3, -0.25) is 10.1 Å². The number of carbonyl (C=O) groups excluding carboxylic acids is 2. The van der Waals surface area contributed by atoms with Crippen molar-refractivity contribution in [3.8, 4) is 0 Å². The van der Waals surface area contributed by atoms with E-state index in [0.717, 1.165) is 11.5 Å². The Morgan fingerprint density at radius 3 is 2.26 bits per heavy atom. The number of hydrogen-bond acceptors (Lipinski definition) is 4. The van der Waals surface area contributed by atoms with Gasteiger partial charge in [-0.25, -0.2) is 9.59 Å². The molecule has 0 radical (unpaired) electrons. The molecule has 1 unspecified atom stereocenters. The lowest BCUT2D eigenvalue weighted by molar-refractivity contribution is -0.133. The molecule has 3 N–H and O–H groups in total. The van der Waals surface area contributed by atoms with Crippen LogP contribution in [0.15, 0.2) is 11.1 Å². The van der Waals surface area contributed by atoms with Crippen molar-refractivity contribution < 1.29 is 19.5 Å². The number of urea groups is 1. The second-order valence-corrected chi connectivity index (χ2v) is 5.36. The zero-order valence-corrected chi connectivity index (χ0v) is 12.4. The number of nitrogens with one attached hydrogen (secondary N) is 2. The quantitative estimate of drug-likeness (QED) is 0.642. The molecule has 0 saturated carbocycles. The van der Waals surface area contributed by atoms with Crippen LogP contribution in [-0.4, -0.2) is 40.6 Å². The molecule has 0 spiro atoms. The van der Waals surface area contributed by atoms with Gasteiger partial charge in [-0.05, 0) is 26.5 Å². The van der Waals surface area contributed by atoms with Gasteiger partial charge in [-0.2, -0.15) is 11.8 Å². The molecule has 3 amide bonds. The third kappa shape index (κ3) is 6.85. The van der Waals surface area contributed by atoms with Crippen molar-refractivity contribution in [3.63, 3.8) is 0 Å². The van der Waals surface area contributed by atoms with Crippen LogP contribution in [0.3, 0.4) is 0 Å². The lowest BCUT2D eigenvalue weighted by atomic mass is 10.1. The van der Waals surface area contributed by atoms with Gasteiger partial charge in [0, 0.05) is 22.9 Å². The van der Waals surface area contributed by atoms with E-state index in [1.54, 1.807) is 11.8 Å². The maximum atomic E-state index is 11.6. The van der Waals surface area contributed by atoms with E-state index in [4.69, 9.17) is 5.11 Å². The third-order valence-corrected chi connectivity index (χ3v) is 3.54. The molecule has 19 heavy (non-hydrogen) atoms. The van der Waals surface area contributed by atoms with Crippen LogP contribution in [0.4, 0.5) is 4.79 Å². The summed E-state index contributed by atoms with van der Waals surface area (Å²) in [5.74, 6) is -0.179. The Bertz CT molecular complexity index is 393. The molecule has 0 heterocycles. The van der Waals surface area contributed by atoms with Gasteiger partial charge in [0.05, 0.1) is 0 Å². The molecule has 7 heteroatoms. The molecule has 0 aromatic rings. The van der Waals surface area contributed by atoms with Crippen LogP contribution in [0.5, 0.6) is 0 Å². The van der Waals surface area contributed by atoms with Crippen molar-refractivity contribution in [2.75, 3.05) is 11.5 Å². The van der Waals surface area contributed by atoms with E-state index >= 15 is 0 Å². The fraction of sp³-hybridized carbons (Fsp3) is 0.583. The van der Waals surface area contributed by atoms with Gasteiger partial charge in [-0.1, -0.05) is 6.92 Å². The lowest BCUT2D eigenvalue weighted by Gasteiger charge is -2.13. The molecule has 0 aromatic heterocycles. The Labute approximate surface area is 117 Å². The molecule has 1 atom stereocenters. The monoisotopic (exact) mass is 288 g/mol. The highest BCUT2D eigenvalue weighted by molar-refractivity contribution is 7.99. The topological polar surface area (TPSA) is 95.5 Å². The average Bonchev–Trinajstić information content (AvgIpc) is 2.33. The van der Waals surface area contributed by atoms with Gasteiger partial charge >= 0.3 is 12.0 Å². The third-order valence-electron chi connectivity index (χ3n) is 2.40. The average molecular weight is 288 g/mol. The van der Waals surface area contributed by atoms with Gasteiger partial charge in [-0.15, -0.1) is 0 Å². The number of rotatable bonds is 6. The van der Waals surface area contributed by atoms with Gasteiger partial charge < -0.3 is 10.4 Å². The largest absolute Gasteiger partial charge is 0.478 e.